The number of aromatic carboxylic acids is 1. The van der Waals surface area contributed by atoms with E-state index in [9.17, 15) is 19.5 Å². The first-order valence-electron chi connectivity index (χ1n) is 41.9. The van der Waals surface area contributed by atoms with Crippen molar-refractivity contribution in [3.63, 3.8) is 0 Å². The highest BCUT2D eigenvalue weighted by Gasteiger charge is 2.53. The van der Waals surface area contributed by atoms with Crippen molar-refractivity contribution in [1.29, 1.82) is 0 Å². The molecule has 0 aliphatic rings. The monoisotopic (exact) mass is 1800 g/mol. The van der Waals surface area contributed by atoms with E-state index in [1.54, 1.807) is 14.2 Å². The summed E-state index contributed by atoms with van der Waals surface area (Å²) in [6.45, 7) is 83.4. The van der Waals surface area contributed by atoms with Crippen LogP contribution in [0.3, 0.4) is 0 Å². The topological polar surface area (TPSA) is 102 Å². The number of nitrogens with zero attached hydrogens (tertiary/aromatic N) is 5. The first-order chi connectivity index (χ1) is 46.7. The number of hydrogen-bond donors (Lipinski definition) is 1. The summed E-state index contributed by atoms with van der Waals surface area (Å²) in [5.41, 5.74) is 13.0. The van der Waals surface area contributed by atoms with Gasteiger partial charge >= 0.3 is 5.97 Å². The van der Waals surface area contributed by atoms with Gasteiger partial charge in [-0.25, -0.2) is 9.86 Å². The van der Waals surface area contributed by atoms with E-state index in [0.717, 1.165) is 176 Å². The Morgan fingerprint density at radius 3 is 0.596 bits per heavy atom. The number of carboxylic acid groups (broad SMARTS) is 1. The summed E-state index contributed by atoms with van der Waals surface area (Å²) in [7, 11) is 7.20. The zero-order chi connectivity index (χ0) is 79.2. The quantitative estimate of drug-likeness (QED) is 0.0451. The summed E-state index contributed by atoms with van der Waals surface area (Å²) in [6.07, 6.45) is 24.1. The first-order valence-corrected chi connectivity index (χ1v) is 41.9. The Kier molecular flexibility index (Phi) is 43.4. The summed E-state index contributed by atoms with van der Waals surface area (Å²) in [5, 5.41) is 12.2. The lowest BCUT2D eigenvalue weighted by Gasteiger charge is -2.43. The molecule has 3 rings (SSSR count). The second kappa shape index (κ2) is 42.3. The van der Waals surface area contributed by atoms with E-state index < -0.39 is 5.97 Å². The molecule has 3 heterocycles. The lowest BCUT2D eigenvalue weighted by Crippen LogP contribution is -2.40. The van der Waals surface area contributed by atoms with Crippen molar-refractivity contribution < 1.29 is 24.3 Å². The summed E-state index contributed by atoms with van der Waals surface area (Å²) in [5.74, 6) is -0.585. The van der Waals surface area contributed by atoms with Crippen molar-refractivity contribution in [2.75, 3.05) is 28.3 Å². The fourth-order valence-corrected chi connectivity index (χ4v) is 16.6. The number of amides is 2. The molecule has 104 heavy (non-hydrogen) atoms. The molecule has 0 bridgehead atoms. The number of aromatic nitrogens is 3. The van der Waals surface area contributed by atoms with Crippen LogP contribution < -0.4 is 0 Å². The Bertz CT molecular complexity index is 2920. The van der Waals surface area contributed by atoms with Gasteiger partial charge in [-0.05, 0) is 208 Å². The maximum atomic E-state index is 14.3. The van der Waals surface area contributed by atoms with Crippen LogP contribution in [-0.2, 0) is 70.2 Å². The van der Waals surface area contributed by atoms with Crippen molar-refractivity contribution in [2.24, 2.45) is 0 Å². The third-order valence-electron chi connectivity index (χ3n) is 30.6. The van der Waals surface area contributed by atoms with Crippen LogP contribution in [0.2, 0.25) is 0 Å². The lowest BCUT2D eigenvalue weighted by molar-refractivity contribution is -0.0759. The van der Waals surface area contributed by atoms with Crippen molar-refractivity contribution in [3.05, 3.63) is 67.5 Å². The molecular formula is C91H172I3N5O5. The molecule has 1 N–H and O–H groups in total. The maximum absolute atomic E-state index is 14.3. The van der Waals surface area contributed by atoms with Crippen LogP contribution in [0.25, 0.3) is 0 Å². The zero-order valence-corrected chi connectivity index (χ0v) is 83.0. The van der Waals surface area contributed by atoms with Gasteiger partial charge in [-0.3, -0.25) is 14.4 Å². The fourth-order valence-electron chi connectivity index (χ4n) is 16.6. The highest BCUT2D eigenvalue weighted by atomic mass is 127. The van der Waals surface area contributed by atoms with Crippen molar-refractivity contribution >= 4 is 89.7 Å². The second-order valence-corrected chi connectivity index (χ2v) is 34.9. The van der Waals surface area contributed by atoms with Crippen LogP contribution >= 0.6 is 71.9 Å². The fraction of sp³-hybridized carbons (Fsp3) is 0.835. The van der Waals surface area contributed by atoms with Crippen LogP contribution in [0.1, 0.15) is 485 Å². The van der Waals surface area contributed by atoms with Crippen molar-refractivity contribution in [1.82, 2.24) is 23.7 Å². The number of rotatable bonds is 40. The van der Waals surface area contributed by atoms with Gasteiger partial charge in [-0.15, -0.1) is 71.9 Å². The summed E-state index contributed by atoms with van der Waals surface area (Å²) in [6, 6.07) is 0. The average molecular weight is 1800 g/mol. The highest BCUT2D eigenvalue weighted by Crippen LogP contribution is 2.57. The van der Waals surface area contributed by atoms with Gasteiger partial charge in [0.25, 0.3) is 11.8 Å². The Morgan fingerprint density at radius 2 is 0.442 bits per heavy atom. The van der Waals surface area contributed by atoms with Gasteiger partial charge in [0.2, 0.25) is 0 Å². The summed E-state index contributed by atoms with van der Waals surface area (Å²) < 4.78 is 8.01. The van der Waals surface area contributed by atoms with E-state index in [1.165, 1.54) is 44.7 Å². The number of hydroxylamine groups is 2. The number of halogens is 3. The largest absolute Gasteiger partial charge is 0.478 e. The Hall–Kier alpha value is -1.60. The second-order valence-electron chi connectivity index (χ2n) is 34.9. The standard InChI is InChI=1S/C31H58N2O2.C31H58N2O.C29H53NO2.3HI/c1-15-28(9,16-2)24-23(27(34)32(13)35-14)25(29(10,17-3)18-4)33(31(12,21-7)22-8)26(24)30(11,19-5)20-6;1-15-28(9,16-2)24-23(27(34)32(13)14)25(29(10,17-3)18-4)33(31(12,21-7)22-8)26(24)30(11,19-5)20-6;1-13-26(9,14-2)22-21(25(31)32)23(27(10,15-3)16-4)30(29(12,19-7)20-8)24(22)28(11,17-5)18-6;;;/h15-22H2,1-14H3;15-22H2,1-14H3;13-20H2,1-12H3,(H,31,32);3*1H. The summed E-state index contributed by atoms with van der Waals surface area (Å²) in [4.78, 5) is 49.1. The van der Waals surface area contributed by atoms with Gasteiger partial charge in [-0.1, -0.05) is 228 Å². The Labute approximate surface area is 696 Å². The van der Waals surface area contributed by atoms with Crippen LogP contribution in [0.15, 0.2) is 0 Å². The molecule has 10 nitrogen and oxygen atoms in total. The molecule has 612 valence electrons. The number of carboxylic acids is 1. The van der Waals surface area contributed by atoms with Gasteiger partial charge in [0.05, 0.1) is 23.8 Å². The van der Waals surface area contributed by atoms with Crippen LogP contribution in [0.4, 0.5) is 0 Å². The number of hydrogen-bond acceptors (Lipinski definition) is 4. The lowest BCUT2D eigenvalue weighted by atomic mass is 9.68. The van der Waals surface area contributed by atoms with Crippen LogP contribution in [0.5, 0.6) is 0 Å². The third-order valence-corrected chi connectivity index (χ3v) is 30.6. The van der Waals surface area contributed by atoms with Gasteiger partial charge < -0.3 is 23.7 Å². The average Bonchev–Trinajstić information content (AvgIpc) is 1.55. The molecule has 0 unspecified atom stereocenters. The molecule has 0 fully saturated rings. The molecule has 13 heteroatoms. The highest BCUT2D eigenvalue weighted by molar-refractivity contribution is 14.0. The normalized spacial score (nSPS) is 13.1. The van der Waals surface area contributed by atoms with E-state index in [0.29, 0.717) is 5.56 Å². The molecule has 3 aromatic heterocycles. The minimum atomic E-state index is -0.750. The van der Waals surface area contributed by atoms with E-state index in [4.69, 9.17) is 4.84 Å². The van der Waals surface area contributed by atoms with E-state index in [2.05, 4.69) is 263 Å². The van der Waals surface area contributed by atoms with Crippen LogP contribution in [0, 0.1) is 0 Å². The van der Waals surface area contributed by atoms with Gasteiger partial charge in [0.1, 0.15) is 0 Å². The smallest absolute Gasteiger partial charge is 0.337 e. The first kappa shape index (κ1) is 107. The van der Waals surface area contributed by atoms with Crippen LogP contribution in [-0.4, -0.2) is 74.8 Å². The van der Waals surface area contributed by atoms with Gasteiger partial charge in [0.15, 0.2) is 0 Å². The zero-order valence-electron chi connectivity index (χ0n) is 76.0. The van der Waals surface area contributed by atoms with Crippen molar-refractivity contribution in [3.8, 4) is 0 Å². The molecule has 0 atom stereocenters. The van der Waals surface area contributed by atoms with Gasteiger partial charge in [0, 0.05) is 104 Å². The molecule has 0 saturated carbocycles. The molecule has 0 aromatic carbocycles. The molecule has 3 aromatic rings. The van der Waals surface area contributed by atoms with E-state index >= 15 is 0 Å². The SMILES string of the molecule is CCC(C)(CC)c1c(C(=O)N(C)C)c(C(C)(CC)CC)n(C(C)(CC)CC)c1C(C)(CC)CC.CCC(C)(CC)c1c(C(=O)N(C)OC)c(C(C)(CC)CC)n(C(C)(CC)CC)c1C(C)(CC)CC.CCC(C)(CC)c1c(C(=O)O)c(C(C)(CC)CC)n(C(C)(CC)CC)c1C(C)(CC)CC.I.I.I. The molecule has 0 spiro atoms. The molecule has 2 amide bonds. The molecule has 0 saturated heterocycles. The predicted molar refractivity (Wildman–Crippen MR) is 488 cm³/mol. The molecule has 0 radical (unpaired) electrons. The third kappa shape index (κ3) is 19.7. The number of carbonyl (C=O) groups is 3. The molecule has 0 aliphatic carbocycles. The van der Waals surface area contributed by atoms with E-state index in [1.807, 2.05) is 19.0 Å². The predicted octanol–water partition coefficient (Wildman–Crippen LogP) is 28.7. The minimum absolute atomic E-state index is 0. The maximum Gasteiger partial charge on any atom is 0.337 e. The van der Waals surface area contributed by atoms with Gasteiger partial charge in [-0.2, -0.15) is 0 Å². The Morgan fingerprint density at radius 1 is 0.279 bits per heavy atom. The summed E-state index contributed by atoms with van der Waals surface area (Å²) >= 11 is 0. The Balaban J connectivity index is -0.00000145. The molecule has 0 aliphatic heterocycles. The van der Waals surface area contributed by atoms with E-state index in [-0.39, 0.29) is 149 Å². The van der Waals surface area contributed by atoms with Crippen molar-refractivity contribution in [2.45, 2.75) is 469 Å². The molecular weight excluding hydrogens is 1620 g/mol. The minimum Gasteiger partial charge on any atom is -0.478 e. The number of carbonyl (C=O) groups excluding carboxylic acids is 2.